The van der Waals surface area contributed by atoms with Crippen LogP contribution in [0.25, 0.3) is 10.8 Å². The zero-order chi connectivity index (χ0) is 18.5. The Balaban J connectivity index is 1.56. The smallest absolute Gasteiger partial charge is 0.308 e. The highest BCUT2D eigenvalue weighted by Crippen LogP contribution is 2.24. The molecule has 1 heterocycles. The number of methoxy groups -OCH3 is 1. The average molecular weight is 354 g/mol. The quantitative estimate of drug-likeness (QED) is 0.839. The van der Waals surface area contributed by atoms with E-state index in [2.05, 4.69) is 34.5 Å². The Bertz CT molecular complexity index is 776. The largest absolute Gasteiger partial charge is 0.469 e. The minimum absolute atomic E-state index is 0.0157. The minimum atomic E-state index is -0.140. The highest BCUT2D eigenvalue weighted by molar-refractivity contribution is 5.87. The van der Waals surface area contributed by atoms with Crippen LogP contribution in [0.15, 0.2) is 42.5 Å². The van der Waals surface area contributed by atoms with Gasteiger partial charge in [-0.15, -0.1) is 0 Å². The summed E-state index contributed by atoms with van der Waals surface area (Å²) in [5, 5.41) is 5.45. The molecule has 0 spiro atoms. The van der Waals surface area contributed by atoms with E-state index in [1.54, 1.807) is 0 Å². The molecule has 2 aromatic rings. The summed E-state index contributed by atoms with van der Waals surface area (Å²) >= 11 is 0. The summed E-state index contributed by atoms with van der Waals surface area (Å²) in [6.45, 7) is 3.87. The first-order valence-electron chi connectivity index (χ1n) is 9.15. The molecule has 1 saturated heterocycles. The van der Waals surface area contributed by atoms with Crippen molar-refractivity contribution in [2.45, 2.75) is 25.8 Å². The van der Waals surface area contributed by atoms with Crippen LogP contribution in [-0.4, -0.2) is 43.5 Å². The van der Waals surface area contributed by atoms with Crippen LogP contribution in [0.1, 0.15) is 31.4 Å². The maximum atomic E-state index is 12.5. The number of benzene rings is 2. The van der Waals surface area contributed by atoms with Crippen molar-refractivity contribution in [1.29, 1.82) is 0 Å². The van der Waals surface area contributed by atoms with Gasteiger partial charge in [-0.25, -0.2) is 0 Å². The highest BCUT2D eigenvalue weighted by atomic mass is 16.5. The molecule has 1 fully saturated rings. The first-order chi connectivity index (χ1) is 12.6. The predicted molar refractivity (Wildman–Crippen MR) is 102 cm³/mol. The van der Waals surface area contributed by atoms with E-state index in [-0.39, 0.29) is 23.8 Å². The van der Waals surface area contributed by atoms with Crippen molar-refractivity contribution in [3.05, 3.63) is 48.0 Å². The fourth-order valence-electron chi connectivity index (χ4n) is 3.69. The Labute approximate surface area is 154 Å². The van der Waals surface area contributed by atoms with Gasteiger partial charge in [0.2, 0.25) is 5.91 Å². The van der Waals surface area contributed by atoms with Gasteiger partial charge in [-0.1, -0.05) is 42.5 Å². The van der Waals surface area contributed by atoms with Crippen molar-refractivity contribution in [2.24, 2.45) is 5.92 Å². The molecule has 3 rings (SSSR count). The van der Waals surface area contributed by atoms with Crippen molar-refractivity contribution in [3.8, 4) is 0 Å². The van der Waals surface area contributed by atoms with Crippen molar-refractivity contribution >= 4 is 22.6 Å². The number of ether oxygens (including phenoxy) is 1. The third-order valence-corrected chi connectivity index (χ3v) is 5.16. The molecule has 138 valence electrons. The topological polar surface area (TPSA) is 58.6 Å². The number of carbonyl (C=O) groups is 2. The number of likely N-dealkylation sites (tertiary alicyclic amines) is 1. The molecule has 0 saturated carbocycles. The van der Waals surface area contributed by atoms with Crippen LogP contribution in [0, 0.1) is 5.92 Å². The van der Waals surface area contributed by atoms with E-state index in [0.29, 0.717) is 6.54 Å². The maximum Gasteiger partial charge on any atom is 0.308 e. The van der Waals surface area contributed by atoms with Gasteiger partial charge in [0.05, 0.1) is 25.6 Å². The normalized spacial score (nSPS) is 17.0. The van der Waals surface area contributed by atoms with Gasteiger partial charge in [-0.3, -0.25) is 14.5 Å². The number of nitrogens with one attached hydrogen (secondary N) is 1. The number of piperidine rings is 1. The molecule has 1 amide bonds. The molecule has 1 aliphatic heterocycles. The monoisotopic (exact) mass is 354 g/mol. The summed E-state index contributed by atoms with van der Waals surface area (Å²) in [5.74, 6) is -0.158. The van der Waals surface area contributed by atoms with Crippen molar-refractivity contribution < 1.29 is 14.3 Å². The second-order valence-corrected chi connectivity index (χ2v) is 6.93. The first-order valence-corrected chi connectivity index (χ1v) is 9.15. The van der Waals surface area contributed by atoms with Gasteiger partial charge in [0.25, 0.3) is 0 Å². The maximum absolute atomic E-state index is 12.5. The second kappa shape index (κ2) is 8.32. The third-order valence-electron chi connectivity index (χ3n) is 5.16. The Morgan fingerprint density at radius 2 is 1.85 bits per heavy atom. The summed E-state index contributed by atoms with van der Waals surface area (Å²) < 4.78 is 4.81. The molecule has 26 heavy (non-hydrogen) atoms. The van der Waals surface area contributed by atoms with E-state index in [9.17, 15) is 9.59 Å². The number of nitrogens with zero attached hydrogens (tertiary/aromatic N) is 1. The predicted octanol–water partition coefficient (Wildman–Crippen LogP) is 2.90. The molecule has 2 aromatic carbocycles. The van der Waals surface area contributed by atoms with Gasteiger partial charge < -0.3 is 10.1 Å². The van der Waals surface area contributed by atoms with Gasteiger partial charge in [0.1, 0.15) is 0 Å². The van der Waals surface area contributed by atoms with Crippen molar-refractivity contribution in [2.75, 3.05) is 26.7 Å². The Morgan fingerprint density at radius 3 is 2.58 bits per heavy atom. The lowest BCUT2D eigenvalue weighted by Crippen LogP contribution is -2.43. The van der Waals surface area contributed by atoms with E-state index in [0.717, 1.165) is 31.5 Å². The summed E-state index contributed by atoms with van der Waals surface area (Å²) in [6.07, 6.45) is 1.50. The van der Waals surface area contributed by atoms with Crippen LogP contribution in [0.4, 0.5) is 0 Å². The molecule has 1 N–H and O–H groups in total. The van der Waals surface area contributed by atoms with E-state index < -0.39 is 0 Å². The molecule has 5 nitrogen and oxygen atoms in total. The van der Waals surface area contributed by atoms with E-state index in [1.165, 1.54) is 17.9 Å². The summed E-state index contributed by atoms with van der Waals surface area (Å²) in [4.78, 5) is 26.1. The van der Waals surface area contributed by atoms with Crippen LogP contribution in [0.3, 0.4) is 0 Å². The van der Waals surface area contributed by atoms with Crippen LogP contribution in [-0.2, 0) is 14.3 Å². The van der Waals surface area contributed by atoms with Gasteiger partial charge in [0.15, 0.2) is 0 Å². The number of fused-ring (bicyclic) bond motifs is 1. The SMILES string of the molecule is COC(=O)C1CCN(CC(=O)N[C@H](C)c2cccc3ccccc23)CC1. The van der Waals surface area contributed by atoms with Crippen LogP contribution >= 0.6 is 0 Å². The second-order valence-electron chi connectivity index (χ2n) is 6.93. The van der Waals surface area contributed by atoms with Gasteiger partial charge >= 0.3 is 5.97 Å². The van der Waals surface area contributed by atoms with Crippen LogP contribution in [0.5, 0.6) is 0 Å². The first kappa shape index (κ1) is 18.4. The fourth-order valence-corrected chi connectivity index (χ4v) is 3.69. The van der Waals surface area contributed by atoms with E-state index in [4.69, 9.17) is 4.74 Å². The molecule has 0 radical (unpaired) electrons. The number of rotatable bonds is 5. The minimum Gasteiger partial charge on any atom is -0.469 e. The zero-order valence-corrected chi connectivity index (χ0v) is 15.4. The number of hydrogen-bond acceptors (Lipinski definition) is 4. The Morgan fingerprint density at radius 1 is 1.15 bits per heavy atom. The summed E-state index contributed by atoms with van der Waals surface area (Å²) in [5.41, 5.74) is 1.13. The van der Waals surface area contributed by atoms with Gasteiger partial charge in [-0.2, -0.15) is 0 Å². The lowest BCUT2D eigenvalue weighted by molar-refractivity contribution is -0.147. The third kappa shape index (κ3) is 4.22. The van der Waals surface area contributed by atoms with E-state index >= 15 is 0 Å². The summed E-state index contributed by atoms with van der Waals surface area (Å²) in [7, 11) is 1.43. The zero-order valence-electron chi connectivity index (χ0n) is 15.4. The molecule has 0 bridgehead atoms. The van der Waals surface area contributed by atoms with Gasteiger partial charge in [-0.05, 0) is 49.2 Å². The number of esters is 1. The summed E-state index contributed by atoms with van der Waals surface area (Å²) in [6, 6.07) is 14.3. The van der Waals surface area contributed by atoms with Crippen molar-refractivity contribution in [3.63, 3.8) is 0 Å². The van der Waals surface area contributed by atoms with Crippen molar-refractivity contribution in [1.82, 2.24) is 10.2 Å². The average Bonchev–Trinajstić information content (AvgIpc) is 2.67. The molecule has 1 atom stereocenters. The fraction of sp³-hybridized carbons (Fsp3) is 0.429. The highest BCUT2D eigenvalue weighted by Gasteiger charge is 2.26. The number of amides is 1. The molecular formula is C21H26N2O3. The number of carbonyl (C=O) groups excluding carboxylic acids is 2. The molecule has 0 unspecified atom stereocenters. The van der Waals surface area contributed by atoms with Gasteiger partial charge in [0, 0.05) is 0 Å². The molecular weight excluding hydrogens is 328 g/mol. The molecule has 1 aliphatic rings. The Kier molecular flexibility index (Phi) is 5.89. The molecule has 0 aliphatic carbocycles. The van der Waals surface area contributed by atoms with E-state index in [1.807, 2.05) is 25.1 Å². The lowest BCUT2D eigenvalue weighted by Gasteiger charge is -2.30. The number of hydrogen-bond donors (Lipinski definition) is 1. The molecule has 5 heteroatoms. The van der Waals surface area contributed by atoms with Crippen LogP contribution < -0.4 is 5.32 Å². The Hall–Kier alpha value is -2.40. The standard InChI is InChI=1S/C21H26N2O3/c1-15(18-9-5-7-16-6-3-4-8-19(16)18)22-20(24)14-23-12-10-17(11-13-23)21(25)26-2/h3-9,15,17H,10-14H2,1-2H3,(H,22,24)/t15-/m1/s1. The van der Waals surface area contributed by atoms with Crippen LogP contribution in [0.2, 0.25) is 0 Å². The molecule has 0 aromatic heterocycles. The lowest BCUT2D eigenvalue weighted by atomic mass is 9.97.